The zero-order valence-electron chi connectivity index (χ0n) is 7.39. The second kappa shape index (κ2) is 4.56. The molecule has 72 valence electrons. The van der Waals surface area contributed by atoms with E-state index in [9.17, 15) is 9.46 Å². The Morgan fingerprint density at radius 1 is 1.31 bits per heavy atom. The van der Waals surface area contributed by atoms with Crippen molar-refractivity contribution in [1.82, 2.24) is 0 Å². The molecule has 0 amide bonds. The summed E-state index contributed by atoms with van der Waals surface area (Å²) in [7, 11) is -3.06. The van der Waals surface area contributed by atoms with Gasteiger partial charge in [-0.05, 0) is 12.0 Å². The van der Waals surface area contributed by atoms with Crippen LogP contribution in [0.5, 0.6) is 0 Å². The van der Waals surface area contributed by atoms with Gasteiger partial charge in [0.05, 0.1) is 6.29 Å². The number of aryl methyl sites for hydroxylation is 1. The van der Waals surface area contributed by atoms with Gasteiger partial charge in [-0.3, -0.25) is 4.57 Å². The normalized spacial score (nSPS) is 15.2. The van der Waals surface area contributed by atoms with E-state index in [-0.39, 0.29) is 12.4 Å². The molecule has 1 aromatic carbocycles. The minimum atomic E-state index is -3.06. The molecule has 13 heavy (non-hydrogen) atoms. The number of hydrogen-bond acceptors (Lipinski definition) is 2. The molecule has 0 spiro atoms. The summed E-state index contributed by atoms with van der Waals surface area (Å²) in [6, 6.07) is 9.64. The zero-order valence-corrected chi connectivity index (χ0v) is 8.28. The van der Waals surface area contributed by atoms with Gasteiger partial charge in [-0.2, -0.15) is 0 Å². The van der Waals surface area contributed by atoms with E-state index in [1.807, 2.05) is 30.3 Å². The van der Waals surface area contributed by atoms with Crippen LogP contribution < -0.4 is 5.73 Å². The van der Waals surface area contributed by atoms with Gasteiger partial charge in [0, 0.05) is 6.16 Å². The maximum Gasteiger partial charge on any atom is 0.214 e. The minimum Gasteiger partial charge on any atom is -0.343 e. The van der Waals surface area contributed by atoms with Gasteiger partial charge in [0.15, 0.2) is 0 Å². The van der Waals surface area contributed by atoms with Gasteiger partial charge < -0.3 is 10.6 Å². The Kier molecular flexibility index (Phi) is 3.67. The van der Waals surface area contributed by atoms with Crippen molar-refractivity contribution in [2.45, 2.75) is 6.42 Å². The van der Waals surface area contributed by atoms with E-state index < -0.39 is 7.37 Å². The first-order valence-electron chi connectivity index (χ1n) is 4.19. The molecule has 0 heterocycles. The maximum atomic E-state index is 11.2. The van der Waals surface area contributed by atoms with Crippen molar-refractivity contribution in [3.63, 3.8) is 0 Å². The van der Waals surface area contributed by atoms with E-state index in [1.165, 1.54) is 0 Å². The van der Waals surface area contributed by atoms with Crippen molar-refractivity contribution >= 4 is 7.37 Å². The van der Waals surface area contributed by atoms with Crippen molar-refractivity contribution in [3.05, 3.63) is 35.9 Å². The van der Waals surface area contributed by atoms with Crippen LogP contribution in [-0.4, -0.2) is 17.3 Å². The van der Waals surface area contributed by atoms with E-state index in [1.54, 1.807) is 0 Å². The monoisotopic (exact) mass is 199 g/mol. The number of rotatable bonds is 4. The van der Waals surface area contributed by atoms with E-state index in [0.717, 1.165) is 5.56 Å². The lowest BCUT2D eigenvalue weighted by Gasteiger charge is -2.07. The molecule has 0 fully saturated rings. The highest BCUT2D eigenvalue weighted by Gasteiger charge is 2.14. The van der Waals surface area contributed by atoms with Crippen LogP contribution >= 0.6 is 7.37 Å². The predicted octanol–water partition coefficient (Wildman–Crippen LogP) is 1.42. The van der Waals surface area contributed by atoms with Crippen LogP contribution in [0.25, 0.3) is 0 Å². The van der Waals surface area contributed by atoms with Gasteiger partial charge >= 0.3 is 0 Å². The predicted molar refractivity (Wildman–Crippen MR) is 53.9 cm³/mol. The third-order valence-electron chi connectivity index (χ3n) is 1.88. The van der Waals surface area contributed by atoms with Crippen LogP contribution in [0.4, 0.5) is 0 Å². The second-order valence-corrected chi connectivity index (χ2v) is 5.49. The van der Waals surface area contributed by atoms with Crippen molar-refractivity contribution in [2.75, 3.05) is 12.4 Å². The highest BCUT2D eigenvalue weighted by molar-refractivity contribution is 7.57. The molecule has 0 aromatic heterocycles. The second-order valence-electron chi connectivity index (χ2n) is 2.99. The van der Waals surface area contributed by atoms with Crippen molar-refractivity contribution in [2.24, 2.45) is 5.73 Å². The van der Waals surface area contributed by atoms with Crippen molar-refractivity contribution in [3.8, 4) is 0 Å². The first-order valence-corrected chi connectivity index (χ1v) is 6.22. The Balaban J connectivity index is 2.49. The SMILES string of the molecule is NCP(=O)(O)CCc1ccccc1. The molecule has 0 bridgehead atoms. The first-order chi connectivity index (χ1) is 6.14. The van der Waals surface area contributed by atoms with E-state index in [4.69, 9.17) is 5.73 Å². The lowest BCUT2D eigenvalue weighted by atomic mass is 10.2. The largest absolute Gasteiger partial charge is 0.343 e. The molecule has 0 saturated carbocycles. The van der Waals surface area contributed by atoms with E-state index >= 15 is 0 Å². The summed E-state index contributed by atoms with van der Waals surface area (Å²) in [6.07, 6.45) is 0.763. The van der Waals surface area contributed by atoms with Crippen LogP contribution in [0.1, 0.15) is 5.56 Å². The summed E-state index contributed by atoms with van der Waals surface area (Å²) < 4.78 is 11.2. The molecule has 1 unspecified atom stereocenters. The molecule has 1 atom stereocenters. The number of nitrogens with two attached hydrogens (primary N) is 1. The highest BCUT2D eigenvalue weighted by atomic mass is 31.2. The topological polar surface area (TPSA) is 63.3 Å². The molecule has 0 saturated heterocycles. The Hall–Kier alpha value is -0.630. The molecule has 0 aliphatic heterocycles. The molecular formula is C9H14NO2P. The molecule has 0 aliphatic carbocycles. The quantitative estimate of drug-likeness (QED) is 0.721. The van der Waals surface area contributed by atoms with Gasteiger partial charge in [-0.15, -0.1) is 0 Å². The van der Waals surface area contributed by atoms with Gasteiger partial charge in [0.25, 0.3) is 0 Å². The van der Waals surface area contributed by atoms with Crippen LogP contribution in [0.3, 0.4) is 0 Å². The summed E-state index contributed by atoms with van der Waals surface area (Å²) in [6.45, 7) is 0. The third kappa shape index (κ3) is 3.73. The molecule has 1 aromatic rings. The summed E-state index contributed by atoms with van der Waals surface area (Å²) in [5, 5.41) is 0. The van der Waals surface area contributed by atoms with Crippen LogP contribution in [0, 0.1) is 0 Å². The smallest absolute Gasteiger partial charge is 0.214 e. The lowest BCUT2D eigenvalue weighted by molar-refractivity contribution is 0.478. The van der Waals surface area contributed by atoms with Crippen molar-refractivity contribution < 1.29 is 9.46 Å². The molecular weight excluding hydrogens is 185 g/mol. The molecule has 1 rings (SSSR count). The first kappa shape index (κ1) is 10.5. The Morgan fingerprint density at radius 3 is 2.46 bits per heavy atom. The molecule has 0 aliphatic rings. The Morgan fingerprint density at radius 2 is 1.92 bits per heavy atom. The van der Waals surface area contributed by atoms with Gasteiger partial charge in [0.1, 0.15) is 0 Å². The van der Waals surface area contributed by atoms with Crippen molar-refractivity contribution in [1.29, 1.82) is 0 Å². The van der Waals surface area contributed by atoms with Gasteiger partial charge in [0.2, 0.25) is 7.37 Å². The average molecular weight is 199 g/mol. The fourth-order valence-corrected chi connectivity index (χ4v) is 1.83. The molecule has 0 radical (unpaired) electrons. The highest BCUT2D eigenvalue weighted by Crippen LogP contribution is 2.38. The molecule has 3 nitrogen and oxygen atoms in total. The van der Waals surface area contributed by atoms with Crippen LogP contribution in [0.2, 0.25) is 0 Å². The number of hydrogen-bond donors (Lipinski definition) is 2. The standard InChI is InChI=1S/C9H14NO2P/c10-8-13(11,12)7-6-9-4-2-1-3-5-9/h1-5H,6-8,10H2,(H,11,12). The summed E-state index contributed by atoms with van der Waals surface area (Å²) in [4.78, 5) is 9.22. The zero-order chi connectivity index (χ0) is 9.73. The van der Waals surface area contributed by atoms with Crippen LogP contribution in [-0.2, 0) is 11.0 Å². The maximum absolute atomic E-state index is 11.2. The van der Waals surface area contributed by atoms with Crippen LogP contribution in [0.15, 0.2) is 30.3 Å². The Bertz CT molecular complexity index is 300. The fourth-order valence-electron chi connectivity index (χ4n) is 1.04. The van der Waals surface area contributed by atoms with Gasteiger partial charge in [-0.1, -0.05) is 30.3 Å². The average Bonchev–Trinajstić information content (AvgIpc) is 2.17. The van der Waals surface area contributed by atoms with Gasteiger partial charge in [-0.25, -0.2) is 0 Å². The lowest BCUT2D eigenvalue weighted by Crippen LogP contribution is -2.05. The molecule has 3 N–H and O–H groups in total. The Labute approximate surface area is 78.0 Å². The summed E-state index contributed by atoms with van der Waals surface area (Å²) in [5.74, 6) is 0. The number of benzene rings is 1. The third-order valence-corrected chi connectivity index (χ3v) is 3.37. The summed E-state index contributed by atoms with van der Waals surface area (Å²) in [5.41, 5.74) is 6.23. The molecule has 4 heteroatoms. The van der Waals surface area contributed by atoms with E-state index in [0.29, 0.717) is 6.42 Å². The minimum absolute atomic E-state index is 0.125. The summed E-state index contributed by atoms with van der Waals surface area (Å²) >= 11 is 0. The van der Waals surface area contributed by atoms with E-state index in [2.05, 4.69) is 0 Å². The fraction of sp³-hybridized carbons (Fsp3) is 0.333.